The van der Waals surface area contributed by atoms with Crippen LogP contribution in [-0.4, -0.2) is 28.4 Å². The van der Waals surface area contributed by atoms with Gasteiger partial charge in [0.05, 0.1) is 16.2 Å². The Morgan fingerprint density at radius 1 is 1.57 bits per heavy atom. The Balaban J connectivity index is 0.00000220. The lowest BCUT2D eigenvalue weighted by atomic mass is 10.0. The van der Waals surface area contributed by atoms with Gasteiger partial charge >= 0.3 is 0 Å². The van der Waals surface area contributed by atoms with Crippen LogP contribution in [0.2, 0.25) is 0 Å². The predicted octanol–water partition coefficient (Wildman–Crippen LogP) is 1.58. The molecule has 2 unspecified atom stereocenters. The quantitative estimate of drug-likeness (QED) is 0.647. The number of aromatic nitrogens is 1. The van der Waals surface area contributed by atoms with Gasteiger partial charge in [0.15, 0.2) is 0 Å². The number of pyridine rings is 1. The number of nitrogens with one attached hydrogen (secondary N) is 1. The summed E-state index contributed by atoms with van der Waals surface area (Å²) in [6.07, 6.45) is 4.10. The van der Waals surface area contributed by atoms with E-state index >= 15 is 0 Å². The Kier molecular flexibility index (Phi) is 6.04. The molecule has 8 heteroatoms. The summed E-state index contributed by atoms with van der Waals surface area (Å²) in [7, 11) is 0. The third-order valence-corrected chi connectivity index (χ3v) is 3.81. The van der Waals surface area contributed by atoms with Gasteiger partial charge in [-0.3, -0.25) is 19.9 Å². The highest BCUT2D eigenvalue weighted by Gasteiger charge is 2.28. The van der Waals surface area contributed by atoms with Crippen LogP contribution in [0.15, 0.2) is 12.3 Å². The second-order valence-electron chi connectivity index (χ2n) is 5.09. The fraction of sp³-hybridized carbons (Fsp3) is 0.538. The van der Waals surface area contributed by atoms with Crippen LogP contribution in [0.4, 0.5) is 5.69 Å². The van der Waals surface area contributed by atoms with Gasteiger partial charge in [0, 0.05) is 12.1 Å². The van der Waals surface area contributed by atoms with Crippen molar-refractivity contribution in [3.05, 3.63) is 33.6 Å². The molecule has 2 rings (SSSR count). The van der Waals surface area contributed by atoms with Crippen LogP contribution < -0.4 is 11.1 Å². The lowest BCUT2D eigenvalue weighted by Gasteiger charge is -2.19. The number of carbonyl (C=O) groups is 1. The molecule has 1 saturated carbocycles. The normalized spacial score (nSPS) is 20.7. The number of amides is 1. The number of halogens is 1. The Bertz CT molecular complexity index is 538. The van der Waals surface area contributed by atoms with Gasteiger partial charge in [0.25, 0.3) is 11.6 Å². The highest BCUT2D eigenvalue weighted by Crippen LogP contribution is 2.25. The molecule has 1 aliphatic carbocycles. The summed E-state index contributed by atoms with van der Waals surface area (Å²) in [5.74, 6) is -0.0324. The first-order valence-corrected chi connectivity index (χ1v) is 6.65. The van der Waals surface area contributed by atoms with Gasteiger partial charge < -0.3 is 11.1 Å². The minimum Gasteiger partial charge on any atom is -0.349 e. The SMILES string of the molecule is Cc1ncc([N+](=O)[O-])cc1C(=O)NC1CCCC1CN.Cl. The van der Waals surface area contributed by atoms with Crippen LogP contribution in [0.1, 0.15) is 35.3 Å². The topological polar surface area (TPSA) is 111 Å². The summed E-state index contributed by atoms with van der Waals surface area (Å²) < 4.78 is 0. The zero-order valence-corrected chi connectivity index (χ0v) is 12.6. The molecular formula is C13H19ClN4O3. The van der Waals surface area contributed by atoms with Crippen molar-refractivity contribution in [2.75, 3.05) is 6.54 Å². The van der Waals surface area contributed by atoms with E-state index < -0.39 is 4.92 Å². The molecular weight excluding hydrogens is 296 g/mol. The molecule has 7 nitrogen and oxygen atoms in total. The van der Waals surface area contributed by atoms with Gasteiger partial charge in [0.2, 0.25) is 0 Å². The molecule has 0 radical (unpaired) electrons. The first-order chi connectivity index (χ1) is 9.52. The van der Waals surface area contributed by atoms with Crippen molar-refractivity contribution in [2.24, 2.45) is 11.7 Å². The van der Waals surface area contributed by atoms with Crippen LogP contribution in [0.25, 0.3) is 0 Å². The standard InChI is InChI=1S/C13H18N4O3.ClH/c1-8-11(5-10(7-15-8)17(19)20)13(18)16-12-4-2-3-9(12)6-14;/h5,7,9,12H,2-4,6,14H2,1H3,(H,16,18);1H. The third kappa shape index (κ3) is 3.89. The van der Waals surface area contributed by atoms with Crippen molar-refractivity contribution >= 4 is 24.0 Å². The number of nitro groups is 1. The maximum absolute atomic E-state index is 12.2. The minimum atomic E-state index is -0.554. The highest BCUT2D eigenvalue weighted by atomic mass is 35.5. The molecule has 1 aromatic rings. The molecule has 0 saturated heterocycles. The van der Waals surface area contributed by atoms with E-state index in [1.54, 1.807) is 6.92 Å². The van der Waals surface area contributed by atoms with Crippen molar-refractivity contribution < 1.29 is 9.72 Å². The number of rotatable bonds is 4. The Morgan fingerprint density at radius 3 is 2.90 bits per heavy atom. The molecule has 0 spiro atoms. The number of carbonyl (C=O) groups excluding carboxylic acids is 1. The number of hydrogen-bond donors (Lipinski definition) is 2. The van der Waals surface area contributed by atoms with Crippen molar-refractivity contribution in [2.45, 2.75) is 32.2 Å². The number of nitrogens with zero attached hydrogens (tertiary/aromatic N) is 2. The lowest BCUT2D eigenvalue weighted by Crippen LogP contribution is -2.40. The van der Waals surface area contributed by atoms with E-state index in [-0.39, 0.29) is 41.5 Å². The van der Waals surface area contributed by atoms with E-state index in [1.807, 2.05) is 0 Å². The van der Waals surface area contributed by atoms with E-state index in [0.29, 0.717) is 12.2 Å². The highest BCUT2D eigenvalue weighted by molar-refractivity contribution is 5.96. The molecule has 1 aliphatic rings. The Hall–Kier alpha value is -1.73. The molecule has 21 heavy (non-hydrogen) atoms. The number of nitrogens with two attached hydrogens (primary N) is 1. The van der Waals surface area contributed by atoms with Crippen molar-refractivity contribution in [3.63, 3.8) is 0 Å². The van der Waals surface area contributed by atoms with Crippen LogP contribution in [0, 0.1) is 23.0 Å². The molecule has 3 N–H and O–H groups in total. The Labute approximate surface area is 128 Å². The van der Waals surface area contributed by atoms with Gasteiger partial charge in [-0.2, -0.15) is 0 Å². The zero-order chi connectivity index (χ0) is 14.7. The molecule has 0 aliphatic heterocycles. The summed E-state index contributed by atoms with van der Waals surface area (Å²) in [6.45, 7) is 2.20. The largest absolute Gasteiger partial charge is 0.349 e. The van der Waals surface area contributed by atoms with Crippen LogP contribution in [0.3, 0.4) is 0 Å². The zero-order valence-electron chi connectivity index (χ0n) is 11.7. The number of aryl methyl sites for hydroxylation is 1. The second-order valence-corrected chi connectivity index (χ2v) is 5.09. The van der Waals surface area contributed by atoms with Gasteiger partial charge in [-0.15, -0.1) is 12.4 Å². The maximum atomic E-state index is 12.2. The first kappa shape index (κ1) is 17.3. The average molecular weight is 315 g/mol. The van der Waals surface area contributed by atoms with E-state index in [9.17, 15) is 14.9 Å². The second kappa shape index (κ2) is 7.33. The van der Waals surface area contributed by atoms with E-state index in [0.717, 1.165) is 25.5 Å². The fourth-order valence-corrected chi connectivity index (χ4v) is 2.61. The van der Waals surface area contributed by atoms with E-state index in [1.165, 1.54) is 6.07 Å². The van der Waals surface area contributed by atoms with Crippen molar-refractivity contribution in [3.8, 4) is 0 Å². The summed E-state index contributed by atoms with van der Waals surface area (Å²) >= 11 is 0. The summed E-state index contributed by atoms with van der Waals surface area (Å²) in [5.41, 5.74) is 6.23. The first-order valence-electron chi connectivity index (χ1n) is 6.65. The summed E-state index contributed by atoms with van der Waals surface area (Å²) in [4.78, 5) is 26.3. The molecule has 0 aromatic carbocycles. The third-order valence-electron chi connectivity index (χ3n) is 3.81. The fourth-order valence-electron chi connectivity index (χ4n) is 2.61. The lowest BCUT2D eigenvalue weighted by molar-refractivity contribution is -0.385. The van der Waals surface area contributed by atoms with E-state index in [4.69, 9.17) is 5.73 Å². The average Bonchev–Trinajstić information content (AvgIpc) is 2.86. The van der Waals surface area contributed by atoms with Gasteiger partial charge in [-0.1, -0.05) is 6.42 Å². The molecule has 1 heterocycles. The molecule has 116 valence electrons. The van der Waals surface area contributed by atoms with Crippen LogP contribution in [-0.2, 0) is 0 Å². The summed E-state index contributed by atoms with van der Waals surface area (Å²) in [5, 5.41) is 13.7. The molecule has 1 aromatic heterocycles. The van der Waals surface area contributed by atoms with Crippen LogP contribution >= 0.6 is 12.4 Å². The smallest absolute Gasteiger partial charge is 0.288 e. The summed E-state index contributed by atoms with van der Waals surface area (Å²) in [6, 6.07) is 1.32. The maximum Gasteiger partial charge on any atom is 0.288 e. The minimum absolute atomic E-state index is 0. The molecule has 0 bridgehead atoms. The molecule has 2 atom stereocenters. The predicted molar refractivity (Wildman–Crippen MR) is 80.5 cm³/mol. The Morgan fingerprint density at radius 2 is 2.29 bits per heavy atom. The van der Waals surface area contributed by atoms with E-state index in [2.05, 4.69) is 10.3 Å². The van der Waals surface area contributed by atoms with Crippen molar-refractivity contribution in [1.29, 1.82) is 0 Å². The van der Waals surface area contributed by atoms with Gasteiger partial charge in [-0.05, 0) is 32.2 Å². The van der Waals surface area contributed by atoms with Crippen LogP contribution in [0.5, 0.6) is 0 Å². The van der Waals surface area contributed by atoms with Gasteiger partial charge in [0.1, 0.15) is 6.20 Å². The molecule has 1 amide bonds. The number of hydrogen-bond acceptors (Lipinski definition) is 5. The van der Waals surface area contributed by atoms with Gasteiger partial charge in [-0.25, -0.2) is 0 Å². The monoisotopic (exact) mass is 314 g/mol. The molecule has 1 fully saturated rings. The van der Waals surface area contributed by atoms with Crippen molar-refractivity contribution in [1.82, 2.24) is 10.3 Å².